The van der Waals surface area contributed by atoms with E-state index in [1.807, 2.05) is 0 Å². The number of para-hydroxylation sites is 2. The molecule has 0 aromatic heterocycles. The summed E-state index contributed by atoms with van der Waals surface area (Å²) in [5.74, 6) is -1.44. The zero-order chi connectivity index (χ0) is 28.6. The third-order valence-electron chi connectivity index (χ3n) is 5.38. The van der Waals surface area contributed by atoms with Gasteiger partial charge in [-0.3, -0.25) is 4.79 Å². The quantitative estimate of drug-likeness (QED) is 0.108. The molecule has 0 saturated heterocycles. The van der Waals surface area contributed by atoms with E-state index >= 15 is 0 Å². The smallest absolute Gasteiger partial charge is 0.374 e. The maximum Gasteiger partial charge on any atom is 0.374 e. The fourth-order valence-corrected chi connectivity index (χ4v) is 3.52. The number of hydrogen-bond donors (Lipinski definition) is 1. The number of carbonyl (C=O) groups excluding carboxylic acids is 3. The number of nitrogens with one attached hydrogen (secondary N) is 1. The Balaban J connectivity index is 2.06. The van der Waals surface area contributed by atoms with Crippen LogP contribution in [0.15, 0.2) is 60.4 Å². The molecular formula is C31H41NO7. The molecule has 0 aliphatic rings. The number of amides is 1. The Kier molecular flexibility index (Phi) is 13.6. The first-order chi connectivity index (χ1) is 18.7. The summed E-state index contributed by atoms with van der Waals surface area (Å²) in [7, 11) is 0. The second-order valence-electron chi connectivity index (χ2n) is 9.64. The summed E-state index contributed by atoms with van der Waals surface area (Å²) in [6, 6.07) is 13.5. The van der Waals surface area contributed by atoms with Gasteiger partial charge >= 0.3 is 11.9 Å². The summed E-state index contributed by atoms with van der Waals surface area (Å²) in [5.41, 5.74) is 0.735. The molecule has 0 heterocycles. The predicted octanol–water partition coefficient (Wildman–Crippen LogP) is 6.84. The number of carbonyl (C=O) groups is 3. The molecule has 0 spiro atoms. The van der Waals surface area contributed by atoms with Crippen LogP contribution in [0, 0.1) is 0 Å². The van der Waals surface area contributed by atoms with Crippen molar-refractivity contribution in [2.75, 3.05) is 11.9 Å². The van der Waals surface area contributed by atoms with Crippen LogP contribution in [0.5, 0.6) is 11.5 Å². The molecule has 1 N–H and O–H groups in total. The largest absolute Gasteiger partial charge is 0.494 e. The van der Waals surface area contributed by atoms with Gasteiger partial charge in [0.25, 0.3) is 5.91 Å². The fraction of sp³-hybridized carbons (Fsp3) is 0.452. The second-order valence-corrected chi connectivity index (χ2v) is 9.64. The molecule has 2 aromatic rings. The van der Waals surface area contributed by atoms with Crippen LogP contribution in [0.25, 0.3) is 0 Å². The van der Waals surface area contributed by atoms with E-state index < -0.39 is 18.0 Å². The van der Waals surface area contributed by atoms with Gasteiger partial charge in [-0.1, -0.05) is 51.2 Å². The number of anilines is 1. The third kappa shape index (κ3) is 12.1. The Morgan fingerprint density at radius 3 is 2.13 bits per heavy atom. The van der Waals surface area contributed by atoms with Crippen molar-refractivity contribution in [3.8, 4) is 11.5 Å². The van der Waals surface area contributed by atoms with Gasteiger partial charge in [-0.25, -0.2) is 9.59 Å². The summed E-state index contributed by atoms with van der Waals surface area (Å²) < 4.78 is 21.9. The van der Waals surface area contributed by atoms with E-state index in [0.29, 0.717) is 23.6 Å². The van der Waals surface area contributed by atoms with Crippen LogP contribution in [0.3, 0.4) is 0 Å². The Labute approximate surface area is 231 Å². The lowest BCUT2D eigenvalue weighted by Gasteiger charge is -2.15. The zero-order valence-electron chi connectivity index (χ0n) is 23.7. The first kappa shape index (κ1) is 31.4. The Morgan fingerprint density at radius 1 is 0.821 bits per heavy atom. The highest BCUT2D eigenvalue weighted by atomic mass is 16.6. The third-order valence-corrected chi connectivity index (χ3v) is 5.38. The SMILES string of the molecule is CCCCCCCCOc1ccc(C(=O)Nc2ccccc2O/C(=C/C(=O)OC(C)C)C(=O)OC(C)C)cc1. The molecule has 0 atom stereocenters. The van der Waals surface area contributed by atoms with E-state index in [-0.39, 0.29) is 23.5 Å². The molecule has 1 amide bonds. The predicted molar refractivity (Wildman–Crippen MR) is 151 cm³/mol. The maximum atomic E-state index is 12.9. The van der Waals surface area contributed by atoms with Crippen molar-refractivity contribution in [2.24, 2.45) is 0 Å². The molecule has 2 aromatic carbocycles. The summed E-state index contributed by atoms with van der Waals surface area (Å²) in [4.78, 5) is 37.7. The number of benzene rings is 2. The van der Waals surface area contributed by atoms with Crippen molar-refractivity contribution in [3.63, 3.8) is 0 Å². The Hall–Kier alpha value is -3.81. The van der Waals surface area contributed by atoms with Gasteiger partial charge in [0.05, 0.1) is 30.6 Å². The van der Waals surface area contributed by atoms with Gasteiger partial charge in [0.2, 0.25) is 5.76 Å². The van der Waals surface area contributed by atoms with Crippen LogP contribution < -0.4 is 14.8 Å². The van der Waals surface area contributed by atoms with Crippen molar-refractivity contribution in [1.82, 2.24) is 0 Å². The average molecular weight is 540 g/mol. The van der Waals surface area contributed by atoms with Crippen LogP contribution in [-0.4, -0.2) is 36.7 Å². The van der Waals surface area contributed by atoms with E-state index in [1.54, 1.807) is 76.2 Å². The number of esters is 2. The summed E-state index contributed by atoms with van der Waals surface area (Å²) in [6.07, 6.45) is 7.26. The van der Waals surface area contributed by atoms with Gasteiger partial charge < -0.3 is 24.3 Å². The van der Waals surface area contributed by atoms with Gasteiger partial charge in [0.15, 0.2) is 5.75 Å². The number of hydrogen-bond acceptors (Lipinski definition) is 7. The maximum absolute atomic E-state index is 12.9. The van der Waals surface area contributed by atoms with Crippen LogP contribution in [0.1, 0.15) is 83.5 Å². The van der Waals surface area contributed by atoms with Crippen molar-refractivity contribution in [2.45, 2.75) is 85.4 Å². The minimum absolute atomic E-state index is 0.161. The molecule has 0 bridgehead atoms. The normalized spacial score (nSPS) is 11.3. The highest BCUT2D eigenvalue weighted by Gasteiger charge is 2.20. The number of ether oxygens (including phenoxy) is 4. The average Bonchev–Trinajstić information content (AvgIpc) is 2.88. The minimum atomic E-state index is -0.830. The molecule has 0 fully saturated rings. The van der Waals surface area contributed by atoms with Crippen molar-refractivity contribution in [1.29, 1.82) is 0 Å². The van der Waals surface area contributed by atoms with Crippen LogP contribution in [-0.2, 0) is 19.1 Å². The molecule has 8 nitrogen and oxygen atoms in total. The van der Waals surface area contributed by atoms with Crippen LogP contribution in [0.4, 0.5) is 5.69 Å². The van der Waals surface area contributed by atoms with Crippen LogP contribution in [0.2, 0.25) is 0 Å². The fourth-order valence-electron chi connectivity index (χ4n) is 3.52. The minimum Gasteiger partial charge on any atom is -0.494 e. The van der Waals surface area contributed by atoms with Crippen molar-refractivity contribution < 1.29 is 33.3 Å². The molecule has 0 aliphatic heterocycles. The molecular weight excluding hydrogens is 498 g/mol. The summed E-state index contributed by atoms with van der Waals surface area (Å²) in [5, 5.41) is 2.79. The van der Waals surface area contributed by atoms with Gasteiger partial charge in [0, 0.05) is 5.56 Å². The molecule has 0 unspecified atom stereocenters. The molecule has 0 radical (unpaired) electrons. The van der Waals surface area contributed by atoms with E-state index in [9.17, 15) is 14.4 Å². The molecule has 212 valence electrons. The number of unbranched alkanes of at least 4 members (excludes halogenated alkanes) is 5. The second kappa shape index (κ2) is 16.9. The zero-order valence-corrected chi connectivity index (χ0v) is 23.7. The van der Waals surface area contributed by atoms with E-state index in [2.05, 4.69) is 12.2 Å². The lowest BCUT2D eigenvalue weighted by Crippen LogP contribution is -2.20. The molecule has 2 rings (SSSR count). The lowest BCUT2D eigenvalue weighted by atomic mass is 10.1. The lowest BCUT2D eigenvalue weighted by molar-refractivity contribution is -0.147. The Bertz CT molecular complexity index is 1090. The van der Waals surface area contributed by atoms with Gasteiger partial charge in [-0.15, -0.1) is 0 Å². The highest BCUT2D eigenvalue weighted by Crippen LogP contribution is 2.27. The van der Waals surface area contributed by atoms with E-state index in [1.165, 1.54) is 25.7 Å². The van der Waals surface area contributed by atoms with Crippen molar-refractivity contribution in [3.05, 3.63) is 65.9 Å². The van der Waals surface area contributed by atoms with Gasteiger partial charge in [-0.05, 0) is 70.5 Å². The topological polar surface area (TPSA) is 100 Å². The van der Waals surface area contributed by atoms with Gasteiger partial charge in [0.1, 0.15) is 5.75 Å². The van der Waals surface area contributed by atoms with Gasteiger partial charge in [-0.2, -0.15) is 0 Å². The van der Waals surface area contributed by atoms with Crippen LogP contribution >= 0.6 is 0 Å². The monoisotopic (exact) mass is 539 g/mol. The summed E-state index contributed by atoms with van der Waals surface area (Å²) in [6.45, 7) is 9.59. The Morgan fingerprint density at radius 2 is 1.46 bits per heavy atom. The van der Waals surface area contributed by atoms with E-state index in [4.69, 9.17) is 18.9 Å². The molecule has 0 aliphatic carbocycles. The molecule has 39 heavy (non-hydrogen) atoms. The molecule has 0 saturated carbocycles. The summed E-state index contributed by atoms with van der Waals surface area (Å²) >= 11 is 0. The van der Waals surface area contributed by atoms with E-state index in [0.717, 1.165) is 18.9 Å². The number of rotatable bonds is 16. The highest BCUT2D eigenvalue weighted by molar-refractivity contribution is 6.05. The first-order valence-corrected chi connectivity index (χ1v) is 13.6. The first-order valence-electron chi connectivity index (χ1n) is 13.6. The molecule has 8 heteroatoms. The van der Waals surface area contributed by atoms with Crippen molar-refractivity contribution >= 4 is 23.5 Å². The standard InChI is InChI=1S/C31H41NO7/c1-6-7-8-9-10-13-20-36-25-18-16-24(17-19-25)30(34)32-26-14-11-12-15-27(26)39-28(31(35)38-23(4)5)21-29(33)37-22(2)3/h11-12,14-19,21-23H,6-10,13,20H2,1-5H3,(H,32,34)/b28-21+.